The molecule has 0 aliphatic heterocycles. The normalized spacial score (nSPS) is 32.6. The molecule has 2 aliphatic carbocycles. The molecule has 6 unspecified atom stereocenters. The van der Waals surface area contributed by atoms with Gasteiger partial charge in [0.2, 0.25) is 11.5 Å². The molecule has 6 nitrogen and oxygen atoms in total. The zero-order valence-corrected chi connectivity index (χ0v) is 16.3. The van der Waals surface area contributed by atoms with Crippen LogP contribution < -0.4 is 10.9 Å². The molecule has 3 N–H and O–H groups in total. The van der Waals surface area contributed by atoms with E-state index in [1.165, 1.54) is 18.3 Å². The molecule has 1 aromatic rings. The van der Waals surface area contributed by atoms with E-state index in [0.29, 0.717) is 0 Å². The van der Waals surface area contributed by atoms with E-state index in [0.717, 1.165) is 0 Å². The van der Waals surface area contributed by atoms with Crippen molar-refractivity contribution < 1.29 is 32.2 Å². The highest BCUT2D eigenvalue weighted by Gasteiger charge is 2.47. The number of H-pyrrole nitrogens is 1. The molecule has 168 valence electrons. The number of hydrogen-bond donors (Lipinski definition) is 3. The minimum Gasteiger partial charge on any atom is -0.393 e. The molecule has 2 saturated carbocycles. The number of alkyl halides is 4. The first-order valence-electron chi connectivity index (χ1n) is 10.1. The maximum absolute atomic E-state index is 13.7. The largest absolute Gasteiger partial charge is 0.393 e. The molecule has 6 atom stereocenters. The van der Waals surface area contributed by atoms with Crippen molar-refractivity contribution in [2.75, 3.05) is 11.9 Å². The Morgan fingerprint density at radius 1 is 1.23 bits per heavy atom. The molecule has 1 amide bonds. The first-order chi connectivity index (χ1) is 14.1. The summed E-state index contributed by atoms with van der Waals surface area (Å²) in [7, 11) is 0. The summed E-state index contributed by atoms with van der Waals surface area (Å²) in [5, 5.41) is 12.6. The van der Waals surface area contributed by atoms with Crippen LogP contribution in [0.15, 0.2) is 23.1 Å². The highest BCUT2D eigenvalue weighted by Crippen LogP contribution is 2.41. The van der Waals surface area contributed by atoms with E-state index in [1.807, 2.05) is 0 Å². The monoisotopic (exact) mass is 434 g/mol. The first-order valence-corrected chi connectivity index (χ1v) is 10.1. The SMILES string of the molecule is O=C(Nc1cc[nH]c(=O)c1)C1CCC(C(F)(F)F)CC1OCC1CC(F)CCC1O. The van der Waals surface area contributed by atoms with E-state index in [9.17, 15) is 32.3 Å². The third-order valence-electron chi connectivity index (χ3n) is 6.04. The van der Waals surface area contributed by atoms with Gasteiger partial charge in [-0.15, -0.1) is 0 Å². The summed E-state index contributed by atoms with van der Waals surface area (Å²) in [6, 6.07) is 2.64. The van der Waals surface area contributed by atoms with Crippen LogP contribution in [-0.2, 0) is 9.53 Å². The Morgan fingerprint density at radius 3 is 2.70 bits per heavy atom. The van der Waals surface area contributed by atoms with Crippen molar-refractivity contribution in [2.45, 2.75) is 63.1 Å². The second-order valence-corrected chi connectivity index (χ2v) is 8.20. The van der Waals surface area contributed by atoms with Gasteiger partial charge < -0.3 is 20.1 Å². The Kier molecular flexibility index (Phi) is 7.18. The molecule has 2 fully saturated rings. The molecule has 2 aliphatic rings. The second-order valence-electron chi connectivity index (χ2n) is 8.20. The summed E-state index contributed by atoms with van der Waals surface area (Å²) in [5.41, 5.74) is -0.183. The number of aromatic amines is 1. The van der Waals surface area contributed by atoms with Crippen LogP contribution in [0.1, 0.15) is 38.5 Å². The van der Waals surface area contributed by atoms with Crippen LogP contribution >= 0.6 is 0 Å². The van der Waals surface area contributed by atoms with Crippen molar-refractivity contribution in [2.24, 2.45) is 17.8 Å². The Balaban J connectivity index is 1.69. The fourth-order valence-corrected chi connectivity index (χ4v) is 4.28. The summed E-state index contributed by atoms with van der Waals surface area (Å²) in [6.45, 7) is -0.106. The minimum absolute atomic E-state index is 0.0250. The molecule has 0 saturated heterocycles. The highest BCUT2D eigenvalue weighted by molar-refractivity contribution is 5.92. The minimum atomic E-state index is -4.40. The molecule has 0 spiro atoms. The van der Waals surface area contributed by atoms with E-state index in [1.54, 1.807) is 0 Å². The number of hydrogen-bond acceptors (Lipinski definition) is 4. The maximum Gasteiger partial charge on any atom is 0.391 e. The van der Waals surface area contributed by atoms with E-state index in [2.05, 4.69) is 10.3 Å². The smallest absolute Gasteiger partial charge is 0.391 e. The predicted molar refractivity (Wildman–Crippen MR) is 101 cm³/mol. The summed E-state index contributed by atoms with van der Waals surface area (Å²) < 4.78 is 59.1. The van der Waals surface area contributed by atoms with Gasteiger partial charge >= 0.3 is 6.18 Å². The van der Waals surface area contributed by atoms with E-state index < -0.39 is 53.8 Å². The van der Waals surface area contributed by atoms with Gasteiger partial charge in [0.15, 0.2) is 0 Å². The summed E-state index contributed by atoms with van der Waals surface area (Å²) in [4.78, 5) is 26.5. The topological polar surface area (TPSA) is 91.4 Å². The first kappa shape index (κ1) is 22.7. The van der Waals surface area contributed by atoms with Crippen LogP contribution in [-0.4, -0.2) is 47.2 Å². The third kappa shape index (κ3) is 5.81. The number of amides is 1. The third-order valence-corrected chi connectivity index (χ3v) is 6.04. The Morgan fingerprint density at radius 2 is 2.00 bits per heavy atom. The fraction of sp³-hybridized carbons (Fsp3) is 0.700. The number of pyridine rings is 1. The second kappa shape index (κ2) is 9.47. The average Bonchev–Trinajstić information content (AvgIpc) is 2.67. The quantitative estimate of drug-likeness (QED) is 0.621. The summed E-state index contributed by atoms with van der Waals surface area (Å²) in [5.74, 6) is -3.48. The lowest BCUT2D eigenvalue weighted by Crippen LogP contribution is -2.44. The van der Waals surface area contributed by atoms with Gasteiger partial charge in [0.05, 0.1) is 30.7 Å². The molecule has 3 rings (SSSR count). The van der Waals surface area contributed by atoms with Gasteiger partial charge in [0.1, 0.15) is 6.17 Å². The van der Waals surface area contributed by atoms with Crippen molar-refractivity contribution in [3.05, 3.63) is 28.7 Å². The average molecular weight is 434 g/mol. The van der Waals surface area contributed by atoms with Crippen LogP contribution in [0.5, 0.6) is 0 Å². The van der Waals surface area contributed by atoms with Crippen LogP contribution in [0, 0.1) is 17.8 Å². The van der Waals surface area contributed by atoms with Gasteiger partial charge in [-0.3, -0.25) is 9.59 Å². The molecule has 0 bridgehead atoms. The van der Waals surface area contributed by atoms with E-state index in [-0.39, 0.29) is 50.8 Å². The number of aliphatic hydroxyl groups is 1. The van der Waals surface area contributed by atoms with E-state index in [4.69, 9.17) is 4.74 Å². The molecular formula is C20H26F4N2O4. The lowest BCUT2D eigenvalue weighted by molar-refractivity contribution is -0.200. The van der Waals surface area contributed by atoms with Crippen molar-refractivity contribution in [1.29, 1.82) is 0 Å². The summed E-state index contributed by atoms with van der Waals surface area (Å²) >= 11 is 0. The Bertz CT molecular complexity index is 785. The lowest BCUT2D eigenvalue weighted by atomic mass is 9.78. The Hall–Kier alpha value is -1.94. The molecule has 0 aromatic carbocycles. The number of carbonyl (C=O) groups excluding carboxylic acids is 1. The summed E-state index contributed by atoms with van der Waals surface area (Å²) in [6.07, 6.45) is -5.91. The standard InChI is InChI=1S/C20H26F4N2O4/c21-13-2-4-16(27)11(7-13)10-30-17-8-12(20(22,23)24)1-3-15(17)19(29)26-14-5-6-25-18(28)9-14/h5-6,9,11-13,15-17,27H,1-4,7-8,10H2,(H2,25,26,28,29). The molecule has 1 aromatic heterocycles. The van der Waals surface area contributed by atoms with Gasteiger partial charge in [-0.1, -0.05) is 0 Å². The Labute approximate surface area is 171 Å². The number of halogens is 4. The van der Waals surface area contributed by atoms with Crippen LogP contribution in [0.4, 0.5) is 23.2 Å². The zero-order chi connectivity index (χ0) is 21.9. The number of aromatic nitrogens is 1. The van der Waals surface area contributed by atoms with Crippen LogP contribution in [0.3, 0.4) is 0 Å². The number of ether oxygens (including phenoxy) is 1. The van der Waals surface area contributed by atoms with Gasteiger partial charge in [-0.2, -0.15) is 13.2 Å². The lowest BCUT2D eigenvalue weighted by Gasteiger charge is -2.37. The highest BCUT2D eigenvalue weighted by atomic mass is 19.4. The van der Waals surface area contributed by atoms with Gasteiger partial charge in [-0.05, 0) is 44.6 Å². The predicted octanol–water partition coefficient (Wildman–Crippen LogP) is 3.18. The number of rotatable bonds is 5. The molecule has 1 heterocycles. The van der Waals surface area contributed by atoms with Gasteiger partial charge in [0.25, 0.3) is 0 Å². The molecule has 10 heteroatoms. The number of nitrogens with one attached hydrogen (secondary N) is 2. The van der Waals surface area contributed by atoms with Crippen LogP contribution in [0.2, 0.25) is 0 Å². The van der Waals surface area contributed by atoms with Crippen molar-refractivity contribution >= 4 is 11.6 Å². The van der Waals surface area contributed by atoms with Crippen molar-refractivity contribution in [1.82, 2.24) is 4.98 Å². The number of anilines is 1. The molecule has 0 radical (unpaired) electrons. The van der Waals surface area contributed by atoms with Crippen LogP contribution in [0.25, 0.3) is 0 Å². The maximum atomic E-state index is 13.7. The van der Waals surface area contributed by atoms with Gasteiger partial charge in [-0.25, -0.2) is 4.39 Å². The number of carbonyl (C=O) groups is 1. The fourth-order valence-electron chi connectivity index (χ4n) is 4.28. The van der Waals surface area contributed by atoms with E-state index >= 15 is 0 Å². The van der Waals surface area contributed by atoms with Crippen molar-refractivity contribution in [3.8, 4) is 0 Å². The van der Waals surface area contributed by atoms with Gasteiger partial charge in [0, 0.05) is 23.9 Å². The number of aliphatic hydroxyl groups excluding tert-OH is 1. The molecule has 30 heavy (non-hydrogen) atoms. The zero-order valence-electron chi connectivity index (χ0n) is 16.3. The molecular weight excluding hydrogens is 408 g/mol. The van der Waals surface area contributed by atoms with Crippen molar-refractivity contribution in [3.63, 3.8) is 0 Å².